The molecule has 1 unspecified atom stereocenters. The van der Waals surface area contributed by atoms with Crippen LogP contribution in [0.1, 0.15) is 36.2 Å². The third kappa shape index (κ3) is 4.36. The summed E-state index contributed by atoms with van der Waals surface area (Å²) in [6.07, 6.45) is 5.40. The Balaban J connectivity index is 1.91. The zero-order valence-corrected chi connectivity index (χ0v) is 15.9. The predicted octanol–water partition coefficient (Wildman–Crippen LogP) is 2.81. The van der Waals surface area contributed by atoms with E-state index in [0.29, 0.717) is 17.5 Å². The molecule has 0 aliphatic carbocycles. The summed E-state index contributed by atoms with van der Waals surface area (Å²) in [5.41, 5.74) is 7.82. The first-order chi connectivity index (χ1) is 13.3. The third-order valence-corrected chi connectivity index (χ3v) is 4.54. The number of primary amides is 1. The Labute approximate surface area is 162 Å². The number of halogens is 1. The van der Waals surface area contributed by atoms with Gasteiger partial charge in [-0.3, -0.25) is 14.6 Å². The molecule has 0 aromatic heterocycles. The minimum absolute atomic E-state index is 0.200. The summed E-state index contributed by atoms with van der Waals surface area (Å²) in [5, 5.41) is 2.70. The van der Waals surface area contributed by atoms with E-state index < -0.39 is 17.9 Å². The van der Waals surface area contributed by atoms with E-state index in [-0.39, 0.29) is 18.3 Å². The second-order valence-electron chi connectivity index (χ2n) is 7.25. The molecule has 0 spiro atoms. The number of rotatable bonds is 7. The van der Waals surface area contributed by atoms with Crippen LogP contribution in [-0.2, 0) is 11.3 Å². The first kappa shape index (κ1) is 19.5. The quantitative estimate of drug-likeness (QED) is 0.658. The molecule has 146 valence electrons. The van der Waals surface area contributed by atoms with Crippen LogP contribution in [0.15, 0.2) is 48.9 Å². The Morgan fingerprint density at radius 2 is 2.00 bits per heavy atom. The summed E-state index contributed by atoms with van der Waals surface area (Å²) < 4.78 is 15.9. The van der Waals surface area contributed by atoms with Crippen molar-refractivity contribution in [3.05, 3.63) is 65.9 Å². The molecule has 0 fully saturated rings. The summed E-state index contributed by atoms with van der Waals surface area (Å²) in [7, 11) is 0. The van der Waals surface area contributed by atoms with Gasteiger partial charge in [-0.05, 0) is 24.5 Å². The fraction of sp³-hybridized carbons (Fsp3) is 0.286. The molecule has 3 rings (SSSR count). The zero-order chi connectivity index (χ0) is 20.3. The lowest BCUT2D eigenvalue weighted by molar-refractivity contribution is -0.120. The number of benzene rings is 1. The second kappa shape index (κ2) is 8.21. The number of carbonyl (C=O) groups is 2. The third-order valence-electron chi connectivity index (χ3n) is 4.54. The fourth-order valence-electron chi connectivity index (χ4n) is 3.15. The van der Waals surface area contributed by atoms with E-state index in [1.54, 1.807) is 47.4 Å². The molecule has 0 saturated carbocycles. The molecule has 6 nitrogen and oxygen atoms in total. The minimum Gasteiger partial charge on any atom is -0.368 e. The number of nitrogens with one attached hydrogen (secondary N) is 1. The molecule has 7 heteroatoms. The Bertz CT molecular complexity index is 967. The maximum Gasteiger partial charge on any atom is 0.253 e. The van der Waals surface area contributed by atoms with Crippen molar-refractivity contribution in [2.75, 3.05) is 0 Å². The van der Waals surface area contributed by atoms with Gasteiger partial charge in [0.15, 0.2) is 0 Å². The summed E-state index contributed by atoms with van der Waals surface area (Å²) in [6, 6.07) is 7.44. The van der Waals surface area contributed by atoms with Gasteiger partial charge in [0.2, 0.25) is 5.91 Å². The number of nitrogens with zero attached hydrogens (tertiary/aromatic N) is 2. The van der Waals surface area contributed by atoms with Crippen LogP contribution in [0.2, 0.25) is 0 Å². The minimum atomic E-state index is -0.749. The number of amides is 2. The summed E-state index contributed by atoms with van der Waals surface area (Å²) in [6.45, 7) is 4.15. The molecule has 1 aromatic carbocycles. The normalized spacial score (nSPS) is 12.3. The van der Waals surface area contributed by atoms with Crippen molar-refractivity contribution in [3.8, 4) is 11.3 Å². The molecular formula is C21H23FN4O2. The summed E-state index contributed by atoms with van der Waals surface area (Å²) in [5.74, 6) is -1.10. The Kier molecular flexibility index (Phi) is 5.73. The number of nitrogens with two attached hydrogens (primary N) is 1. The van der Waals surface area contributed by atoms with Crippen LogP contribution in [0, 0.1) is 11.7 Å². The van der Waals surface area contributed by atoms with Gasteiger partial charge in [-0.2, -0.15) is 0 Å². The van der Waals surface area contributed by atoms with Gasteiger partial charge in [0.25, 0.3) is 5.91 Å². The Hall–Kier alpha value is -3.22. The van der Waals surface area contributed by atoms with Gasteiger partial charge in [-0.15, -0.1) is 0 Å². The molecule has 1 atom stereocenters. The molecule has 0 bridgehead atoms. The highest BCUT2D eigenvalue weighted by molar-refractivity contribution is 5.98. The van der Waals surface area contributed by atoms with E-state index in [1.807, 2.05) is 13.8 Å². The number of pyridine rings is 1. The van der Waals surface area contributed by atoms with Crippen LogP contribution in [0.4, 0.5) is 4.39 Å². The molecule has 3 N–H and O–H groups in total. The molecule has 2 amide bonds. The number of hydrogen-bond acceptors (Lipinski definition) is 3. The highest BCUT2D eigenvalue weighted by atomic mass is 19.1. The average Bonchev–Trinajstić information content (AvgIpc) is 3.11. The lowest BCUT2D eigenvalue weighted by Gasteiger charge is -2.19. The number of hydrogen-bond donors (Lipinski definition) is 2. The van der Waals surface area contributed by atoms with Gasteiger partial charge in [0, 0.05) is 23.5 Å². The molecule has 2 heterocycles. The van der Waals surface area contributed by atoms with Crippen molar-refractivity contribution in [1.29, 1.82) is 0 Å². The zero-order valence-electron chi connectivity index (χ0n) is 15.9. The second-order valence-corrected chi connectivity index (χ2v) is 7.25. The highest BCUT2D eigenvalue weighted by Gasteiger charge is 2.22. The molecule has 2 aliphatic rings. The van der Waals surface area contributed by atoms with E-state index in [2.05, 4.69) is 10.3 Å². The van der Waals surface area contributed by atoms with Crippen LogP contribution >= 0.6 is 0 Å². The molecule has 2 aliphatic heterocycles. The topological polar surface area (TPSA) is 90.0 Å². The van der Waals surface area contributed by atoms with Crippen molar-refractivity contribution in [2.24, 2.45) is 11.7 Å². The van der Waals surface area contributed by atoms with Gasteiger partial charge < -0.3 is 15.6 Å². The van der Waals surface area contributed by atoms with Crippen molar-refractivity contribution >= 4 is 11.8 Å². The van der Waals surface area contributed by atoms with Crippen molar-refractivity contribution in [3.63, 3.8) is 0 Å². The van der Waals surface area contributed by atoms with Gasteiger partial charge in [-0.25, -0.2) is 4.39 Å². The maximum absolute atomic E-state index is 14.1. The van der Waals surface area contributed by atoms with E-state index in [9.17, 15) is 14.0 Å². The highest BCUT2D eigenvalue weighted by Crippen LogP contribution is 2.24. The largest absolute Gasteiger partial charge is 0.368 e. The molecule has 28 heavy (non-hydrogen) atoms. The SMILES string of the molecule is CC(C)CC(NC(=O)c1cc2cncc-2n(Cc2ccccc2F)c1)C(N)=O. The summed E-state index contributed by atoms with van der Waals surface area (Å²) in [4.78, 5) is 28.6. The standard InChI is InChI=1S/C21H23FN4O2/c1-13(2)7-18(20(23)27)25-21(28)16-8-15-9-24-10-19(15)26(12-16)11-14-5-3-4-6-17(14)22/h3-6,8-10,12-13,18H,7,11H2,1-2H3,(H2,23,27)(H,25,28). The predicted molar refractivity (Wildman–Crippen MR) is 104 cm³/mol. The average molecular weight is 382 g/mol. The lowest BCUT2D eigenvalue weighted by Crippen LogP contribution is -2.45. The van der Waals surface area contributed by atoms with E-state index in [0.717, 1.165) is 11.3 Å². The van der Waals surface area contributed by atoms with Crippen LogP contribution in [0.5, 0.6) is 0 Å². The van der Waals surface area contributed by atoms with Gasteiger partial charge >= 0.3 is 0 Å². The van der Waals surface area contributed by atoms with Gasteiger partial charge in [0.1, 0.15) is 11.9 Å². The lowest BCUT2D eigenvalue weighted by atomic mass is 10.0. The first-order valence-corrected chi connectivity index (χ1v) is 9.12. The smallest absolute Gasteiger partial charge is 0.253 e. The van der Waals surface area contributed by atoms with Crippen LogP contribution < -0.4 is 11.1 Å². The molecule has 0 radical (unpaired) electrons. The van der Waals surface area contributed by atoms with Crippen LogP contribution in [0.3, 0.4) is 0 Å². The van der Waals surface area contributed by atoms with Gasteiger partial charge in [-0.1, -0.05) is 32.0 Å². The van der Waals surface area contributed by atoms with Crippen molar-refractivity contribution < 1.29 is 14.0 Å². The maximum atomic E-state index is 14.1. The summed E-state index contributed by atoms with van der Waals surface area (Å²) >= 11 is 0. The number of aromatic nitrogens is 2. The molecule has 0 saturated heterocycles. The van der Waals surface area contributed by atoms with Crippen LogP contribution in [-0.4, -0.2) is 27.4 Å². The van der Waals surface area contributed by atoms with E-state index >= 15 is 0 Å². The number of carbonyl (C=O) groups excluding carboxylic acids is 2. The van der Waals surface area contributed by atoms with Crippen molar-refractivity contribution in [1.82, 2.24) is 14.9 Å². The monoisotopic (exact) mass is 382 g/mol. The van der Waals surface area contributed by atoms with Gasteiger partial charge in [0.05, 0.1) is 24.0 Å². The Morgan fingerprint density at radius 1 is 1.25 bits per heavy atom. The molecule has 1 aromatic rings. The van der Waals surface area contributed by atoms with E-state index in [1.165, 1.54) is 6.07 Å². The van der Waals surface area contributed by atoms with Crippen LogP contribution in [0.25, 0.3) is 11.3 Å². The van der Waals surface area contributed by atoms with E-state index in [4.69, 9.17) is 5.73 Å². The first-order valence-electron chi connectivity index (χ1n) is 9.12. The number of fused-ring (bicyclic) bond motifs is 1. The van der Waals surface area contributed by atoms with Crippen molar-refractivity contribution in [2.45, 2.75) is 32.9 Å². The molecular weight excluding hydrogens is 359 g/mol. The Morgan fingerprint density at radius 3 is 2.68 bits per heavy atom. The fourth-order valence-corrected chi connectivity index (χ4v) is 3.15.